The molecular weight excluding hydrogens is 242 g/mol. The molecule has 0 radical (unpaired) electrons. The molecule has 2 fully saturated rings. The van der Waals surface area contributed by atoms with Crippen LogP contribution in [0.4, 0.5) is 0 Å². The fourth-order valence-corrected chi connectivity index (χ4v) is 2.85. The van der Waals surface area contributed by atoms with Crippen LogP contribution in [-0.2, 0) is 9.53 Å². The van der Waals surface area contributed by atoms with E-state index in [1.54, 1.807) is 0 Å². The normalized spacial score (nSPS) is 28.3. The van der Waals surface area contributed by atoms with E-state index in [9.17, 15) is 4.79 Å². The monoisotopic (exact) mass is 269 g/mol. The molecule has 1 amide bonds. The second kappa shape index (κ2) is 5.77. The summed E-state index contributed by atoms with van der Waals surface area (Å²) in [5, 5.41) is 3.41. The van der Waals surface area contributed by atoms with Crippen molar-refractivity contribution in [1.29, 1.82) is 0 Å². The van der Waals surface area contributed by atoms with Crippen molar-refractivity contribution in [3.05, 3.63) is 0 Å². The number of rotatable bonds is 7. The van der Waals surface area contributed by atoms with Gasteiger partial charge >= 0.3 is 0 Å². The summed E-state index contributed by atoms with van der Waals surface area (Å²) in [4.78, 5) is 14.1. The SMILES string of the molecule is CC(CC(C)(NC1CC1)C(N)=O)N(C)C1CCOC1. The number of ether oxygens (including phenoxy) is 1. The summed E-state index contributed by atoms with van der Waals surface area (Å²) >= 11 is 0. The van der Waals surface area contributed by atoms with Crippen molar-refractivity contribution in [2.24, 2.45) is 5.73 Å². The molecule has 0 aromatic heterocycles. The average Bonchev–Trinajstić information content (AvgIpc) is 2.97. The highest BCUT2D eigenvalue weighted by Gasteiger charge is 2.39. The molecule has 1 aliphatic carbocycles. The second-order valence-corrected chi connectivity index (χ2v) is 6.35. The van der Waals surface area contributed by atoms with Gasteiger partial charge in [0, 0.05) is 24.7 Å². The molecule has 0 spiro atoms. The number of amides is 1. The minimum atomic E-state index is -0.603. The second-order valence-electron chi connectivity index (χ2n) is 6.35. The number of nitrogens with one attached hydrogen (secondary N) is 1. The number of carbonyl (C=O) groups excluding carboxylic acids is 1. The highest BCUT2D eigenvalue weighted by Crippen LogP contribution is 2.26. The van der Waals surface area contributed by atoms with Crippen LogP contribution < -0.4 is 11.1 Å². The third-order valence-corrected chi connectivity index (χ3v) is 4.52. The Morgan fingerprint density at radius 1 is 1.53 bits per heavy atom. The van der Waals surface area contributed by atoms with E-state index in [0.29, 0.717) is 18.1 Å². The smallest absolute Gasteiger partial charge is 0.237 e. The fourth-order valence-electron chi connectivity index (χ4n) is 2.85. The molecule has 3 N–H and O–H groups in total. The third kappa shape index (κ3) is 3.68. The van der Waals surface area contributed by atoms with Gasteiger partial charge in [0.2, 0.25) is 5.91 Å². The van der Waals surface area contributed by atoms with Gasteiger partial charge in [0.1, 0.15) is 0 Å². The van der Waals surface area contributed by atoms with Crippen molar-refractivity contribution >= 4 is 5.91 Å². The number of primary amides is 1. The summed E-state index contributed by atoms with van der Waals surface area (Å²) < 4.78 is 5.43. The zero-order chi connectivity index (χ0) is 14.0. The van der Waals surface area contributed by atoms with Gasteiger partial charge in [0.05, 0.1) is 12.1 Å². The summed E-state index contributed by atoms with van der Waals surface area (Å²) in [7, 11) is 2.11. The predicted molar refractivity (Wildman–Crippen MR) is 74.8 cm³/mol. The number of hydrogen-bond donors (Lipinski definition) is 2. The lowest BCUT2D eigenvalue weighted by Gasteiger charge is -2.36. The Labute approximate surface area is 115 Å². The molecule has 5 heteroatoms. The first kappa shape index (κ1) is 14.8. The number of hydrogen-bond acceptors (Lipinski definition) is 4. The zero-order valence-electron chi connectivity index (χ0n) is 12.3. The first-order chi connectivity index (χ1) is 8.92. The van der Waals surface area contributed by atoms with Crippen LogP contribution >= 0.6 is 0 Å². The average molecular weight is 269 g/mol. The molecule has 2 rings (SSSR count). The van der Waals surface area contributed by atoms with Crippen molar-refractivity contribution in [2.75, 3.05) is 20.3 Å². The Hall–Kier alpha value is -0.650. The van der Waals surface area contributed by atoms with Gasteiger partial charge in [0.15, 0.2) is 0 Å². The molecule has 1 saturated carbocycles. The van der Waals surface area contributed by atoms with Crippen LogP contribution in [0, 0.1) is 0 Å². The van der Waals surface area contributed by atoms with Crippen LogP contribution in [0.1, 0.15) is 39.5 Å². The van der Waals surface area contributed by atoms with Crippen molar-refractivity contribution in [3.63, 3.8) is 0 Å². The lowest BCUT2D eigenvalue weighted by atomic mass is 9.91. The number of carbonyl (C=O) groups is 1. The van der Waals surface area contributed by atoms with Gasteiger partial charge in [-0.05, 0) is 46.6 Å². The van der Waals surface area contributed by atoms with E-state index in [0.717, 1.165) is 38.9 Å². The van der Waals surface area contributed by atoms with Crippen LogP contribution in [0.15, 0.2) is 0 Å². The molecule has 5 nitrogen and oxygen atoms in total. The fraction of sp³-hybridized carbons (Fsp3) is 0.929. The summed E-state index contributed by atoms with van der Waals surface area (Å²) in [5.41, 5.74) is 5.00. The lowest BCUT2D eigenvalue weighted by Crippen LogP contribution is -2.57. The first-order valence-electron chi connectivity index (χ1n) is 7.29. The maximum absolute atomic E-state index is 11.8. The molecule has 19 heavy (non-hydrogen) atoms. The van der Waals surface area contributed by atoms with Crippen LogP contribution in [0.5, 0.6) is 0 Å². The summed E-state index contributed by atoms with van der Waals surface area (Å²) in [5.74, 6) is -0.248. The van der Waals surface area contributed by atoms with Gasteiger partial charge in [-0.15, -0.1) is 0 Å². The number of likely N-dealkylation sites (N-methyl/N-ethyl adjacent to an activating group) is 1. The number of nitrogens with two attached hydrogens (primary N) is 1. The summed E-state index contributed by atoms with van der Waals surface area (Å²) in [6.07, 6.45) is 4.13. The van der Waals surface area contributed by atoms with Crippen LogP contribution in [0.25, 0.3) is 0 Å². The minimum absolute atomic E-state index is 0.248. The molecule has 0 bridgehead atoms. The van der Waals surface area contributed by atoms with E-state index in [-0.39, 0.29) is 5.91 Å². The maximum Gasteiger partial charge on any atom is 0.237 e. The maximum atomic E-state index is 11.8. The Balaban J connectivity index is 1.93. The summed E-state index contributed by atoms with van der Waals surface area (Å²) in [6.45, 7) is 5.73. The van der Waals surface area contributed by atoms with E-state index in [2.05, 4.69) is 24.2 Å². The Bertz CT molecular complexity index is 327. The van der Waals surface area contributed by atoms with Gasteiger partial charge in [-0.2, -0.15) is 0 Å². The van der Waals surface area contributed by atoms with Crippen molar-refractivity contribution in [3.8, 4) is 0 Å². The Morgan fingerprint density at radius 2 is 2.21 bits per heavy atom. The highest BCUT2D eigenvalue weighted by molar-refractivity contribution is 5.84. The molecule has 1 saturated heterocycles. The highest BCUT2D eigenvalue weighted by atomic mass is 16.5. The van der Waals surface area contributed by atoms with Crippen molar-refractivity contribution < 1.29 is 9.53 Å². The van der Waals surface area contributed by atoms with Crippen LogP contribution in [0.2, 0.25) is 0 Å². The molecule has 3 unspecified atom stereocenters. The zero-order valence-corrected chi connectivity index (χ0v) is 12.3. The largest absolute Gasteiger partial charge is 0.380 e. The van der Waals surface area contributed by atoms with Gasteiger partial charge < -0.3 is 15.8 Å². The molecule has 1 heterocycles. The van der Waals surface area contributed by atoms with E-state index in [1.807, 2.05) is 6.92 Å². The minimum Gasteiger partial charge on any atom is -0.380 e. The molecule has 0 aromatic rings. The summed E-state index contributed by atoms with van der Waals surface area (Å²) in [6, 6.07) is 1.24. The Kier molecular flexibility index (Phi) is 4.48. The van der Waals surface area contributed by atoms with Crippen molar-refractivity contribution in [2.45, 2.75) is 63.2 Å². The molecule has 110 valence electrons. The van der Waals surface area contributed by atoms with Crippen LogP contribution in [0.3, 0.4) is 0 Å². The lowest BCUT2D eigenvalue weighted by molar-refractivity contribution is -0.124. The third-order valence-electron chi connectivity index (χ3n) is 4.52. The van der Waals surface area contributed by atoms with Gasteiger partial charge in [-0.25, -0.2) is 0 Å². The van der Waals surface area contributed by atoms with E-state index >= 15 is 0 Å². The topological polar surface area (TPSA) is 67.6 Å². The molecule has 3 atom stereocenters. The Morgan fingerprint density at radius 3 is 2.68 bits per heavy atom. The van der Waals surface area contributed by atoms with Gasteiger partial charge in [-0.3, -0.25) is 9.69 Å². The molecule has 0 aromatic carbocycles. The van der Waals surface area contributed by atoms with Gasteiger partial charge in [0.25, 0.3) is 0 Å². The molecule has 2 aliphatic rings. The first-order valence-corrected chi connectivity index (χ1v) is 7.29. The van der Waals surface area contributed by atoms with Crippen LogP contribution in [-0.4, -0.2) is 54.7 Å². The van der Waals surface area contributed by atoms with E-state index in [1.165, 1.54) is 0 Å². The van der Waals surface area contributed by atoms with Gasteiger partial charge in [-0.1, -0.05) is 0 Å². The predicted octanol–water partition coefficient (Wildman–Crippen LogP) is 0.482. The van der Waals surface area contributed by atoms with E-state index in [4.69, 9.17) is 10.5 Å². The quantitative estimate of drug-likeness (QED) is 0.705. The van der Waals surface area contributed by atoms with E-state index < -0.39 is 5.54 Å². The number of nitrogens with zero attached hydrogens (tertiary/aromatic N) is 1. The molecule has 1 aliphatic heterocycles. The van der Waals surface area contributed by atoms with Crippen molar-refractivity contribution in [1.82, 2.24) is 10.2 Å². The standard InChI is InChI=1S/C14H27N3O2/c1-10(17(3)12-6-7-19-9-12)8-14(2,13(15)18)16-11-4-5-11/h10-12,16H,4-9H2,1-3H3,(H2,15,18). The molecular formula is C14H27N3O2.